The van der Waals surface area contributed by atoms with Crippen LogP contribution in [0.25, 0.3) is 0 Å². The van der Waals surface area contributed by atoms with Crippen molar-refractivity contribution in [1.29, 1.82) is 0 Å². The van der Waals surface area contributed by atoms with Gasteiger partial charge in [0.05, 0.1) is 6.54 Å². The molecule has 0 radical (unpaired) electrons. The van der Waals surface area contributed by atoms with Gasteiger partial charge in [0.2, 0.25) is 5.91 Å². The van der Waals surface area contributed by atoms with Crippen molar-refractivity contribution in [1.82, 2.24) is 4.90 Å². The Morgan fingerprint density at radius 3 is 3.11 bits per heavy atom. The summed E-state index contributed by atoms with van der Waals surface area (Å²) in [5.41, 5.74) is 7.04. The van der Waals surface area contributed by atoms with Crippen LogP contribution in [0, 0.1) is 5.92 Å². The van der Waals surface area contributed by atoms with Crippen LogP contribution < -0.4 is 11.1 Å². The lowest BCUT2D eigenvalue weighted by atomic mass is 10.1. The Morgan fingerprint density at radius 1 is 1.53 bits per heavy atom. The van der Waals surface area contributed by atoms with Crippen LogP contribution in [-0.2, 0) is 4.79 Å². The molecule has 1 aromatic carbocycles. The number of hydrogen-bond acceptors (Lipinski definition) is 4. The molecular weight excluding hydrogens is 242 g/mol. The van der Waals surface area contributed by atoms with E-state index >= 15 is 0 Å². The number of benzene rings is 1. The SMILES string of the molecule is Nc1cccc(NC(=O)CN2CCC(CCO)C2)c1. The lowest BCUT2D eigenvalue weighted by Crippen LogP contribution is -2.31. The fourth-order valence-corrected chi connectivity index (χ4v) is 2.49. The van der Waals surface area contributed by atoms with Gasteiger partial charge in [-0.2, -0.15) is 0 Å². The van der Waals surface area contributed by atoms with Gasteiger partial charge >= 0.3 is 0 Å². The van der Waals surface area contributed by atoms with Crippen molar-refractivity contribution in [2.24, 2.45) is 5.92 Å². The molecule has 0 aliphatic carbocycles. The van der Waals surface area contributed by atoms with Crippen LogP contribution in [-0.4, -0.2) is 42.2 Å². The van der Waals surface area contributed by atoms with E-state index in [9.17, 15) is 4.79 Å². The lowest BCUT2D eigenvalue weighted by Gasteiger charge is -2.15. The largest absolute Gasteiger partial charge is 0.399 e. The average Bonchev–Trinajstić information content (AvgIpc) is 2.77. The molecule has 1 aromatic rings. The molecule has 0 bridgehead atoms. The van der Waals surface area contributed by atoms with E-state index in [4.69, 9.17) is 10.8 Å². The standard InChI is InChI=1S/C14H21N3O2/c15-12-2-1-3-13(8-12)16-14(19)10-17-6-4-11(9-17)5-7-18/h1-3,8,11,18H,4-7,9-10,15H2,(H,16,19). The van der Waals surface area contributed by atoms with Crippen molar-refractivity contribution < 1.29 is 9.90 Å². The fraction of sp³-hybridized carbons (Fsp3) is 0.500. The number of hydrogen-bond donors (Lipinski definition) is 3. The third-order valence-corrected chi connectivity index (χ3v) is 3.44. The Morgan fingerprint density at radius 2 is 2.37 bits per heavy atom. The molecule has 0 saturated carbocycles. The first-order valence-electron chi connectivity index (χ1n) is 6.66. The molecule has 19 heavy (non-hydrogen) atoms. The van der Waals surface area contributed by atoms with Crippen molar-refractivity contribution in [3.63, 3.8) is 0 Å². The number of nitrogens with two attached hydrogens (primary N) is 1. The molecule has 2 rings (SSSR count). The second kappa shape index (κ2) is 6.54. The number of aliphatic hydroxyl groups is 1. The molecule has 1 atom stereocenters. The van der Waals surface area contributed by atoms with Crippen molar-refractivity contribution in [2.75, 3.05) is 37.3 Å². The predicted molar refractivity (Wildman–Crippen MR) is 75.7 cm³/mol. The summed E-state index contributed by atoms with van der Waals surface area (Å²) in [5, 5.41) is 11.8. The van der Waals surface area contributed by atoms with Gasteiger partial charge in [-0.25, -0.2) is 0 Å². The molecule has 1 saturated heterocycles. The van der Waals surface area contributed by atoms with E-state index in [0.717, 1.165) is 31.6 Å². The van der Waals surface area contributed by atoms with Crippen LogP contribution in [0.2, 0.25) is 0 Å². The Hall–Kier alpha value is -1.59. The zero-order valence-electron chi connectivity index (χ0n) is 11.0. The Kier molecular flexibility index (Phi) is 4.76. The minimum Gasteiger partial charge on any atom is -0.399 e. The molecule has 1 heterocycles. The molecule has 104 valence electrons. The van der Waals surface area contributed by atoms with Gasteiger partial charge in [-0.3, -0.25) is 9.69 Å². The van der Waals surface area contributed by atoms with Gasteiger partial charge in [0.1, 0.15) is 0 Å². The second-order valence-electron chi connectivity index (χ2n) is 5.08. The van der Waals surface area contributed by atoms with Crippen molar-refractivity contribution in [3.05, 3.63) is 24.3 Å². The highest BCUT2D eigenvalue weighted by Gasteiger charge is 2.23. The van der Waals surface area contributed by atoms with Gasteiger partial charge in [0.25, 0.3) is 0 Å². The molecule has 1 aliphatic rings. The molecule has 1 amide bonds. The molecule has 1 aliphatic heterocycles. The van der Waals surface area contributed by atoms with Crippen LogP contribution in [0.1, 0.15) is 12.8 Å². The van der Waals surface area contributed by atoms with Crippen LogP contribution in [0.4, 0.5) is 11.4 Å². The summed E-state index contributed by atoms with van der Waals surface area (Å²) < 4.78 is 0. The highest BCUT2D eigenvalue weighted by Crippen LogP contribution is 2.19. The second-order valence-corrected chi connectivity index (χ2v) is 5.08. The first-order valence-corrected chi connectivity index (χ1v) is 6.66. The lowest BCUT2D eigenvalue weighted by molar-refractivity contribution is -0.117. The van der Waals surface area contributed by atoms with E-state index in [-0.39, 0.29) is 12.5 Å². The number of nitrogen functional groups attached to an aromatic ring is 1. The number of carbonyl (C=O) groups excluding carboxylic acids is 1. The highest BCUT2D eigenvalue weighted by atomic mass is 16.3. The van der Waals surface area contributed by atoms with E-state index in [1.165, 1.54) is 0 Å². The molecule has 1 fully saturated rings. The van der Waals surface area contributed by atoms with Crippen LogP contribution in [0.15, 0.2) is 24.3 Å². The van der Waals surface area contributed by atoms with E-state index in [2.05, 4.69) is 10.2 Å². The first kappa shape index (κ1) is 13.8. The van der Waals surface area contributed by atoms with Crippen LogP contribution >= 0.6 is 0 Å². The molecule has 0 spiro atoms. The van der Waals surface area contributed by atoms with Gasteiger partial charge in [-0.1, -0.05) is 6.07 Å². The van der Waals surface area contributed by atoms with Gasteiger partial charge in [-0.15, -0.1) is 0 Å². The number of carbonyl (C=O) groups is 1. The summed E-state index contributed by atoms with van der Waals surface area (Å²) in [7, 11) is 0. The predicted octanol–water partition coefficient (Wildman–Crippen LogP) is 0.912. The molecular formula is C14H21N3O2. The Labute approximate surface area is 113 Å². The molecule has 1 unspecified atom stereocenters. The van der Waals surface area contributed by atoms with Crippen molar-refractivity contribution in [2.45, 2.75) is 12.8 Å². The Bertz CT molecular complexity index is 436. The topological polar surface area (TPSA) is 78.6 Å². The molecule has 5 heteroatoms. The molecule has 4 N–H and O–H groups in total. The molecule has 5 nitrogen and oxygen atoms in total. The summed E-state index contributed by atoms with van der Waals surface area (Å²) in [6.45, 7) is 2.45. The molecule has 0 aromatic heterocycles. The minimum atomic E-state index is -0.0183. The van der Waals surface area contributed by atoms with E-state index < -0.39 is 0 Å². The van der Waals surface area contributed by atoms with Gasteiger partial charge < -0.3 is 16.2 Å². The maximum atomic E-state index is 11.9. The number of aliphatic hydroxyl groups excluding tert-OH is 1. The monoisotopic (exact) mass is 263 g/mol. The van der Waals surface area contributed by atoms with Crippen molar-refractivity contribution in [3.8, 4) is 0 Å². The zero-order valence-corrected chi connectivity index (χ0v) is 11.0. The van der Waals surface area contributed by atoms with Crippen LogP contribution in [0.3, 0.4) is 0 Å². The average molecular weight is 263 g/mol. The maximum absolute atomic E-state index is 11.9. The number of amides is 1. The van der Waals surface area contributed by atoms with Crippen LogP contribution in [0.5, 0.6) is 0 Å². The number of nitrogens with one attached hydrogen (secondary N) is 1. The number of likely N-dealkylation sites (tertiary alicyclic amines) is 1. The Balaban J connectivity index is 1.79. The quantitative estimate of drug-likeness (QED) is 0.690. The summed E-state index contributed by atoms with van der Waals surface area (Å²) in [6.07, 6.45) is 1.89. The van der Waals surface area contributed by atoms with Gasteiger partial charge in [-0.05, 0) is 43.5 Å². The van der Waals surface area contributed by atoms with E-state index in [1.54, 1.807) is 12.1 Å². The highest BCUT2D eigenvalue weighted by molar-refractivity contribution is 5.92. The van der Waals surface area contributed by atoms with Gasteiger partial charge in [0, 0.05) is 24.5 Å². The smallest absolute Gasteiger partial charge is 0.238 e. The summed E-state index contributed by atoms with van der Waals surface area (Å²) in [6, 6.07) is 7.18. The van der Waals surface area contributed by atoms with E-state index in [1.807, 2.05) is 12.1 Å². The zero-order chi connectivity index (χ0) is 13.7. The number of nitrogens with zero attached hydrogens (tertiary/aromatic N) is 1. The van der Waals surface area contributed by atoms with E-state index in [0.29, 0.717) is 18.2 Å². The fourth-order valence-electron chi connectivity index (χ4n) is 2.49. The first-order chi connectivity index (χ1) is 9.17. The third-order valence-electron chi connectivity index (χ3n) is 3.44. The summed E-state index contributed by atoms with van der Waals surface area (Å²) in [5.74, 6) is 0.500. The van der Waals surface area contributed by atoms with Crippen molar-refractivity contribution >= 4 is 17.3 Å². The number of anilines is 2. The summed E-state index contributed by atoms with van der Waals surface area (Å²) >= 11 is 0. The summed E-state index contributed by atoms with van der Waals surface area (Å²) in [4.78, 5) is 14.0. The third kappa shape index (κ3) is 4.22. The number of rotatable bonds is 5. The normalized spacial score (nSPS) is 19.5. The minimum absolute atomic E-state index is 0.0183. The van der Waals surface area contributed by atoms with Gasteiger partial charge in [0.15, 0.2) is 0 Å². The maximum Gasteiger partial charge on any atom is 0.238 e.